The number of benzene rings is 2. The van der Waals surface area contributed by atoms with E-state index in [2.05, 4.69) is 21.0 Å². The second-order valence-corrected chi connectivity index (χ2v) is 7.71. The first-order valence-electron chi connectivity index (χ1n) is 10.6. The van der Waals surface area contributed by atoms with Crippen LogP contribution in [0.25, 0.3) is 11.4 Å². The van der Waals surface area contributed by atoms with Crippen molar-refractivity contribution in [1.29, 1.82) is 0 Å². The maximum atomic E-state index is 12.3. The Kier molecular flexibility index (Phi) is 8.20. The molecule has 1 aromatic heterocycles. The fourth-order valence-electron chi connectivity index (χ4n) is 3.00. The minimum Gasteiger partial charge on any atom is -0.494 e. The third kappa shape index (κ3) is 6.66. The van der Waals surface area contributed by atoms with Crippen LogP contribution < -0.4 is 20.3 Å². The average molecular weight is 470 g/mol. The molecule has 0 radical (unpaired) electrons. The first-order valence-corrected chi connectivity index (χ1v) is 11.0. The molecule has 0 aliphatic heterocycles. The van der Waals surface area contributed by atoms with Crippen molar-refractivity contribution in [2.45, 2.75) is 39.8 Å². The fraction of sp³-hybridized carbons (Fsp3) is 0.304. The molecule has 0 aliphatic rings. The normalized spacial score (nSPS) is 11.5. The van der Waals surface area contributed by atoms with Crippen molar-refractivity contribution in [3.63, 3.8) is 0 Å². The lowest BCUT2D eigenvalue weighted by Gasteiger charge is -2.15. The molecule has 3 rings (SSSR count). The number of H-pyrrole nitrogens is 1. The molecule has 0 saturated heterocycles. The van der Waals surface area contributed by atoms with Crippen LogP contribution in [0.1, 0.15) is 25.8 Å². The number of hydrogen-bond acceptors (Lipinski definition) is 6. The molecule has 33 heavy (non-hydrogen) atoms. The fourth-order valence-corrected chi connectivity index (χ4v) is 3.22. The van der Waals surface area contributed by atoms with Crippen LogP contribution in [0, 0.1) is 11.7 Å². The molecule has 0 fully saturated rings. The van der Waals surface area contributed by atoms with Crippen LogP contribution >= 0.6 is 12.2 Å². The van der Waals surface area contributed by atoms with E-state index in [1.807, 2.05) is 38.1 Å². The van der Waals surface area contributed by atoms with Crippen LogP contribution in [0.15, 0.2) is 48.5 Å². The highest BCUT2D eigenvalue weighted by Gasteiger charge is 2.16. The summed E-state index contributed by atoms with van der Waals surface area (Å²) in [5.41, 5.74) is 6.82. The molecule has 0 bridgehead atoms. The Bertz CT molecular complexity index is 1140. The molecule has 174 valence electrons. The van der Waals surface area contributed by atoms with Crippen molar-refractivity contribution in [3.05, 3.63) is 58.9 Å². The minimum atomic E-state index is -0.807. The highest BCUT2D eigenvalue weighted by Crippen LogP contribution is 2.19. The Hall–Kier alpha value is -3.66. The number of hydrogen-bond donors (Lipinski definition) is 3. The van der Waals surface area contributed by atoms with Gasteiger partial charge in [0.2, 0.25) is 5.91 Å². The smallest absolute Gasteiger partial charge is 0.279 e. The quantitative estimate of drug-likeness (QED) is 0.328. The lowest BCUT2D eigenvalue weighted by atomic mass is 10.1. The first kappa shape index (κ1) is 24.0. The number of aromatic nitrogens is 3. The molecule has 10 heteroatoms. The number of aromatic amines is 1. The summed E-state index contributed by atoms with van der Waals surface area (Å²) in [6, 6.07) is 14.8. The number of amides is 2. The summed E-state index contributed by atoms with van der Waals surface area (Å²) in [6.07, 6.45) is -0.708. The Balaban J connectivity index is 1.48. The predicted molar refractivity (Wildman–Crippen MR) is 126 cm³/mol. The van der Waals surface area contributed by atoms with Crippen molar-refractivity contribution in [3.8, 4) is 22.9 Å². The number of carbonyl (C=O) groups excluding carboxylic acids is 2. The van der Waals surface area contributed by atoms with Gasteiger partial charge < -0.3 is 9.47 Å². The highest BCUT2D eigenvalue weighted by molar-refractivity contribution is 7.71. The molecule has 0 saturated carbocycles. The van der Waals surface area contributed by atoms with Crippen molar-refractivity contribution >= 4 is 24.0 Å². The summed E-state index contributed by atoms with van der Waals surface area (Å²) in [7, 11) is 0. The van der Waals surface area contributed by atoms with Gasteiger partial charge in [-0.15, -0.1) is 0 Å². The summed E-state index contributed by atoms with van der Waals surface area (Å²) < 4.78 is 13.1. The van der Waals surface area contributed by atoms with E-state index >= 15 is 0 Å². The summed E-state index contributed by atoms with van der Waals surface area (Å²) in [4.78, 5) is 24.5. The van der Waals surface area contributed by atoms with Gasteiger partial charge in [0.25, 0.3) is 5.91 Å². The number of rotatable bonds is 9. The van der Waals surface area contributed by atoms with Gasteiger partial charge in [0.15, 0.2) is 16.7 Å². The van der Waals surface area contributed by atoms with Gasteiger partial charge >= 0.3 is 0 Å². The molecule has 3 N–H and O–H groups in total. The number of carbonyl (C=O) groups is 2. The third-order valence-electron chi connectivity index (χ3n) is 4.77. The van der Waals surface area contributed by atoms with Crippen LogP contribution in [0.3, 0.4) is 0 Å². The van der Waals surface area contributed by atoms with Crippen molar-refractivity contribution in [2.24, 2.45) is 0 Å². The summed E-state index contributed by atoms with van der Waals surface area (Å²) in [6.45, 7) is 6.37. The number of ether oxygens (including phenoxy) is 2. The average Bonchev–Trinajstić information content (AvgIpc) is 3.18. The Labute approximate surface area is 197 Å². The Morgan fingerprint density at radius 1 is 1.09 bits per heavy atom. The molecule has 1 heterocycles. The monoisotopic (exact) mass is 469 g/mol. The standard InChI is InChI=1S/C23H27N5O4S/c1-4-31-18-9-11-19(12-10-18)32-16(3)22(30)26-24-20(29)13-14-28-21(25-27-23(28)33)17-7-5-15(2)6-8-17/h5-12,16H,4,13-14H2,1-3H3,(H,24,29)(H,26,30)(H,27,33). The van der Waals surface area contributed by atoms with Gasteiger partial charge in [-0.1, -0.05) is 29.8 Å². The van der Waals surface area contributed by atoms with E-state index in [0.29, 0.717) is 29.5 Å². The molecule has 2 aromatic carbocycles. The zero-order valence-corrected chi connectivity index (χ0v) is 19.6. The van der Waals surface area contributed by atoms with Crippen molar-refractivity contribution < 1.29 is 19.1 Å². The maximum Gasteiger partial charge on any atom is 0.279 e. The van der Waals surface area contributed by atoms with Crippen molar-refractivity contribution in [1.82, 2.24) is 25.6 Å². The predicted octanol–water partition coefficient (Wildman–Crippen LogP) is 3.32. The third-order valence-corrected chi connectivity index (χ3v) is 5.08. The molecule has 0 spiro atoms. The van der Waals surface area contributed by atoms with E-state index in [0.717, 1.165) is 16.9 Å². The summed E-state index contributed by atoms with van der Waals surface area (Å²) in [5, 5.41) is 7.03. The number of nitrogens with one attached hydrogen (secondary N) is 3. The molecule has 3 aromatic rings. The van der Waals surface area contributed by atoms with Gasteiger partial charge in [-0.3, -0.25) is 30.1 Å². The lowest BCUT2D eigenvalue weighted by Crippen LogP contribution is -2.47. The number of nitrogens with zero attached hydrogens (tertiary/aromatic N) is 2. The van der Waals surface area contributed by atoms with Crippen LogP contribution in [0.5, 0.6) is 11.5 Å². The van der Waals surface area contributed by atoms with E-state index in [1.165, 1.54) is 0 Å². The van der Waals surface area contributed by atoms with Crippen LogP contribution in [-0.2, 0) is 16.1 Å². The first-order chi connectivity index (χ1) is 15.9. The molecule has 2 amide bonds. The summed E-state index contributed by atoms with van der Waals surface area (Å²) >= 11 is 5.29. The van der Waals surface area contributed by atoms with Gasteiger partial charge in [0, 0.05) is 18.5 Å². The summed E-state index contributed by atoms with van der Waals surface area (Å²) in [5.74, 6) is 1.05. The molecular weight excluding hydrogens is 442 g/mol. The van der Waals surface area contributed by atoms with E-state index in [4.69, 9.17) is 21.7 Å². The SMILES string of the molecule is CCOc1ccc(OC(C)C(=O)NNC(=O)CCn2c(-c3ccc(C)cc3)n[nH]c2=S)cc1. The van der Waals surface area contributed by atoms with Crippen molar-refractivity contribution in [2.75, 3.05) is 6.61 Å². The van der Waals surface area contributed by atoms with Gasteiger partial charge in [0.1, 0.15) is 11.5 Å². The topological polar surface area (TPSA) is 110 Å². The second kappa shape index (κ2) is 11.3. The van der Waals surface area contributed by atoms with Crippen LogP contribution in [0.2, 0.25) is 0 Å². The molecule has 9 nitrogen and oxygen atoms in total. The molecule has 0 aliphatic carbocycles. The van der Waals surface area contributed by atoms with Gasteiger partial charge in [-0.25, -0.2) is 0 Å². The largest absolute Gasteiger partial charge is 0.494 e. The van der Waals surface area contributed by atoms with Gasteiger partial charge in [-0.05, 0) is 57.3 Å². The molecule has 1 atom stereocenters. The zero-order valence-electron chi connectivity index (χ0n) is 18.8. The minimum absolute atomic E-state index is 0.0983. The Morgan fingerprint density at radius 3 is 2.42 bits per heavy atom. The molecular formula is C23H27N5O4S. The van der Waals surface area contributed by atoms with E-state index in [9.17, 15) is 9.59 Å². The van der Waals surface area contributed by atoms with Crippen LogP contribution in [-0.4, -0.2) is 39.3 Å². The molecule has 1 unspecified atom stereocenters. The van der Waals surface area contributed by atoms with E-state index in [1.54, 1.807) is 35.8 Å². The lowest BCUT2D eigenvalue weighted by molar-refractivity contribution is -0.132. The maximum absolute atomic E-state index is 12.3. The highest BCUT2D eigenvalue weighted by atomic mass is 32.1. The van der Waals surface area contributed by atoms with E-state index < -0.39 is 12.0 Å². The van der Waals surface area contributed by atoms with Gasteiger partial charge in [0.05, 0.1) is 6.61 Å². The van der Waals surface area contributed by atoms with Gasteiger partial charge in [-0.2, -0.15) is 5.10 Å². The zero-order chi connectivity index (χ0) is 23.8. The van der Waals surface area contributed by atoms with E-state index in [-0.39, 0.29) is 12.3 Å². The second-order valence-electron chi connectivity index (χ2n) is 7.32. The Morgan fingerprint density at radius 2 is 1.76 bits per heavy atom. The number of aryl methyl sites for hydroxylation is 1. The van der Waals surface area contributed by atoms with Crippen LogP contribution in [0.4, 0.5) is 0 Å². The number of hydrazine groups is 1.